The van der Waals surface area contributed by atoms with Gasteiger partial charge in [-0.1, -0.05) is 0 Å². The van der Waals surface area contributed by atoms with Gasteiger partial charge in [0.2, 0.25) is 0 Å². The lowest BCUT2D eigenvalue weighted by Crippen LogP contribution is -1.93. The van der Waals surface area contributed by atoms with Crippen LogP contribution in [0.3, 0.4) is 0 Å². The highest BCUT2D eigenvalue weighted by Crippen LogP contribution is 2.30. The maximum Gasteiger partial charge on any atom is 0.286 e. The molecule has 70 valence electrons. The SMILES string of the molecule is COc1cc([N+](=O)[O-])c(S)cc1C. The van der Waals surface area contributed by atoms with Crippen LogP contribution in [0, 0.1) is 17.0 Å². The summed E-state index contributed by atoms with van der Waals surface area (Å²) in [5.74, 6) is 0.504. The lowest BCUT2D eigenvalue weighted by atomic mass is 10.2. The first-order valence-electron chi connectivity index (χ1n) is 3.58. The molecule has 0 aliphatic carbocycles. The van der Waals surface area contributed by atoms with Crippen LogP contribution < -0.4 is 4.74 Å². The van der Waals surface area contributed by atoms with E-state index in [1.165, 1.54) is 13.2 Å². The van der Waals surface area contributed by atoms with Gasteiger partial charge in [-0.3, -0.25) is 10.1 Å². The summed E-state index contributed by atoms with van der Waals surface area (Å²) in [5.41, 5.74) is 0.795. The smallest absolute Gasteiger partial charge is 0.286 e. The van der Waals surface area contributed by atoms with E-state index < -0.39 is 4.92 Å². The Balaban J connectivity index is 3.30. The number of ether oxygens (including phenoxy) is 1. The number of nitro benzene ring substituents is 1. The van der Waals surface area contributed by atoms with E-state index in [-0.39, 0.29) is 5.69 Å². The topological polar surface area (TPSA) is 52.4 Å². The molecule has 0 fully saturated rings. The molecule has 4 nitrogen and oxygen atoms in total. The second-order valence-electron chi connectivity index (χ2n) is 2.57. The van der Waals surface area contributed by atoms with E-state index in [4.69, 9.17) is 4.74 Å². The van der Waals surface area contributed by atoms with Crippen LogP contribution in [0.15, 0.2) is 17.0 Å². The van der Waals surface area contributed by atoms with Crippen LogP contribution in [0.5, 0.6) is 5.75 Å². The van der Waals surface area contributed by atoms with Crippen molar-refractivity contribution in [1.82, 2.24) is 0 Å². The molecule has 0 amide bonds. The van der Waals surface area contributed by atoms with Crippen LogP contribution in [0.2, 0.25) is 0 Å². The summed E-state index contributed by atoms with van der Waals surface area (Å²) < 4.78 is 4.95. The zero-order valence-corrected chi connectivity index (χ0v) is 8.17. The van der Waals surface area contributed by atoms with E-state index >= 15 is 0 Å². The normalized spacial score (nSPS) is 9.77. The number of rotatable bonds is 2. The molecule has 0 saturated carbocycles. The van der Waals surface area contributed by atoms with Crippen molar-refractivity contribution in [2.45, 2.75) is 11.8 Å². The first-order valence-corrected chi connectivity index (χ1v) is 4.03. The van der Waals surface area contributed by atoms with Crippen molar-refractivity contribution < 1.29 is 9.66 Å². The molecule has 0 aliphatic rings. The molecule has 0 saturated heterocycles. The van der Waals surface area contributed by atoms with Crippen LogP contribution in [0.25, 0.3) is 0 Å². The third-order valence-electron chi connectivity index (χ3n) is 1.69. The fraction of sp³-hybridized carbons (Fsp3) is 0.250. The van der Waals surface area contributed by atoms with E-state index in [1.54, 1.807) is 6.07 Å². The highest BCUT2D eigenvalue weighted by molar-refractivity contribution is 7.80. The van der Waals surface area contributed by atoms with E-state index in [1.807, 2.05) is 6.92 Å². The van der Waals surface area contributed by atoms with Crippen molar-refractivity contribution in [3.05, 3.63) is 27.8 Å². The number of aryl methyl sites for hydroxylation is 1. The quantitative estimate of drug-likeness (QED) is 0.451. The largest absolute Gasteiger partial charge is 0.496 e. The van der Waals surface area contributed by atoms with Crippen LogP contribution >= 0.6 is 12.6 Å². The zero-order valence-electron chi connectivity index (χ0n) is 7.27. The second-order valence-corrected chi connectivity index (χ2v) is 3.05. The van der Waals surface area contributed by atoms with Gasteiger partial charge in [-0.05, 0) is 18.6 Å². The molecule has 0 spiro atoms. The molecule has 0 bridgehead atoms. The molecule has 0 aliphatic heterocycles. The Morgan fingerprint density at radius 1 is 1.54 bits per heavy atom. The van der Waals surface area contributed by atoms with Gasteiger partial charge >= 0.3 is 0 Å². The van der Waals surface area contributed by atoms with Crippen molar-refractivity contribution in [1.29, 1.82) is 0 Å². The summed E-state index contributed by atoms with van der Waals surface area (Å²) in [6, 6.07) is 2.98. The lowest BCUT2D eigenvalue weighted by Gasteiger charge is -2.04. The van der Waals surface area contributed by atoms with Crippen molar-refractivity contribution in [3.63, 3.8) is 0 Å². The molecule has 0 radical (unpaired) electrons. The van der Waals surface area contributed by atoms with Crippen LogP contribution in [-0.4, -0.2) is 12.0 Å². The lowest BCUT2D eigenvalue weighted by molar-refractivity contribution is -0.387. The highest BCUT2D eigenvalue weighted by Gasteiger charge is 2.14. The Hall–Kier alpha value is -1.23. The monoisotopic (exact) mass is 199 g/mol. The van der Waals surface area contributed by atoms with E-state index in [2.05, 4.69) is 12.6 Å². The predicted octanol–water partition coefficient (Wildman–Crippen LogP) is 2.20. The van der Waals surface area contributed by atoms with Gasteiger partial charge in [0.15, 0.2) is 0 Å². The average Bonchev–Trinajstić information content (AvgIpc) is 2.03. The Bertz CT molecular complexity index is 351. The van der Waals surface area contributed by atoms with Gasteiger partial charge in [-0.15, -0.1) is 12.6 Å². The zero-order chi connectivity index (χ0) is 10.0. The van der Waals surface area contributed by atoms with Crippen LogP contribution in [0.1, 0.15) is 5.56 Å². The number of nitrogens with zero attached hydrogens (tertiary/aromatic N) is 1. The number of benzene rings is 1. The maximum absolute atomic E-state index is 10.5. The van der Waals surface area contributed by atoms with Crippen molar-refractivity contribution >= 4 is 18.3 Å². The van der Waals surface area contributed by atoms with Crippen molar-refractivity contribution in [3.8, 4) is 5.75 Å². The number of nitro groups is 1. The first-order chi connectivity index (χ1) is 6.06. The molecule has 0 heterocycles. The van der Waals surface area contributed by atoms with Gasteiger partial charge in [0.1, 0.15) is 5.75 Å². The van der Waals surface area contributed by atoms with Crippen molar-refractivity contribution in [2.24, 2.45) is 0 Å². The summed E-state index contributed by atoms with van der Waals surface area (Å²) in [4.78, 5) is 10.4. The summed E-state index contributed by atoms with van der Waals surface area (Å²) in [6.07, 6.45) is 0. The molecule has 1 aromatic carbocycles. The van der Waals surface area contributed by atoms with Gasteiger partial charge in [0.05, 0.1) is 23.0 Å². The fourth-order valence-corrected chi connectivity index (χ4v) is 1.37. The third kappa shape index (κ3) is 1.92. The summed E-state index contributed by atoms with van der Waals surface area (Å²) >= 11 is 4.00. The Labute approximate surface area is 81.1 Å². The van der Waals surface area contributed by atoms with Gasteiger partial charge < -0.3 is 4.74 Å². The van der Waals surface area contributed by atoms with Crippen LogP contribution in [-0.2, 0) is 0 Å². The molecule has 13 heavy (non-hydrogen) atoms. The molecular weight excluding hydrogens is 190 g/mol. The summed E-state index contributed by atoms with van der Waals surface area (Å²) in [6.45, 7) is 1.81. The molecule has 0 unspecified atom stereocenters. The average molecular weight is 199 g/mol. The highest BCUT2D eigenvalue weighted by atomic mass is 32.1. The molecule has 0 atom stereocenters. The Kier molecular flexibility index (Phi) is 2.77. The minimum absolute atomic E-state index is 0.0363. The van der Waals surface area contributed by atoms with E-state index in [9.17, 15) is 10.1 Å². The fourth-order valence-electron chi connectivity index (χ4n) is 1.03. The van der Waals surface area contributed by atoms with Gasteiger partial charge in [-0.2, -0.15) is 0 Å². The first kappa shape index (κ1) is 9.85. The summed E-state index contributed by atoms with van der Waals surface area (Å²) in [5, 5.41) is 10.5. The second kappa shape index (κ2) is 3.66. The van der Waals surface area contributed by atoms with E-state index in [0.717, 1.165) is 5.56 Å². The molecule has 5 heteroatoms. The predicted molar refractivity (Wildman–Crippen MR) is 51.6 cm³/mol. The van der Waals surface area contributed by atoms with Crippen LogP contribution in [0.4, 0.5) is 5.69 Å². The molecular formula is C8H9NO3S. The number of thiol groups is 1. The number of hydrogen-bond acceptors (Lipinski definition) is 4. The number of methoxy groups -OCH3 is 1. The number of hydrogen-bond donors (Lipinski definition) is 1. The van der Waals surface area contributed by atoms with Gasteiger partial charge in [-0.25, -0.2) is 0 Å². The van der Waals surface area contributed by atoms with Gasteiger partial charge in [0, 0.05) is 0 Å². The van der Waals surface area contributed by atoms with Gasteiger partial charge in [0.25, 0.3) is 5.69 Å². The Morgan fingerprint density at radius 2 is 2.15 bits per heavy atom. The minimum Gasteiger partial charge on any atom is -0.496 e. The molecule has 1 rings (SSSR count). The maximum atomic E-state index is 10.5. The summed E-state index contributed by atoms with van der Waals surface area (Å²) in [7, 11) is 1.48. The standard InChI is InChI=1S/C8H9NO3S/c1-5-3-8(13)6(9(10)11)4-7(5)12-2/h3-4,13H,1-2H3. The molecule has 0 N–H and O–H groups in total. The molecule has 1 aromatic rings. The molecule has 0 aromatic heterocycles. The van der Waals surface area contributed by atoms with Crippen molar-refractivity contribution in [2.75, 3.05) is 7.11 Å². The van der Waals surface area contributed by atoms with E-state index in [0.29, 0.717) is 10.6 Å². The Morgan fingerprint density at radius 3 is 2.62 bits per heavy atom. The minimum atomic E-state index is -0.482. The third-order valence-corrected chi connectivity index (χ3v) is 2.05.